The quantitative estimate of drug-likeness (QED) is 0.825. The van der Waals surface area contributed by atoms with Crippen LogP contribution in [0, 0.1) is 5.92 Å². The van der Waals surface area contributed by atoms with Crippen molar-refractivity contribution < 1.29 is 9.52 Å². The summed E-state index contributed by atoms with van der Waals surface area (Å²) >= 11 is 3.45. The van der Waals surface area contributed by atoms with Crippen LogP contribution in [0.3, 0.4) is 0 Å². The number of hydrogen-bond donors (Lipinski definition) is 1. The van der Waals surface area contributed by atoms with Gasteiger partial charge in [-0.05, 0) is 40.8 Å². The molecule has 1 aromatic heterocycles. The zero-order chi connectivity index (χ0) is 9.42. The second-order valence-electron chi connectivity index (χ2n) is 3.74. The highest BCUT2D eigenvalue weighted by Crippen LogP contribution is 2.42. The molecule has 3 atom stereocenters. The maximum Gasteiger partial charge on any atom is 0.121 e. The average Bonchev–Trinajstić information content (AvgIpc) is 2.62. The van der Waals surface area contributed by atoms with Gasteiger partial charge >= 0.3 is 0 Å². The third-order valence-electron chi connectivity index (χ3n) is 3.00. The molecular weight excluding hydrogens is 232 g/mol. The lowest BCUT2D eigenvalue weighted by atomic mass is 9.95. The first kappa shape index (κ1) is 9.28. The molecule has 1 N–H and O–H groups in total. The van der Waals surface area contributed by atoms with Gasteiger partial charge < -0.3 is 9.52 Å². The highest BCUT2D eigenvalue weighted by atomic mass is 79.9. The summed E-state index contributed by atoms with van der Waals surface area (Å²) in [6.07, 6.45) is 3.44. The summed E-state index contributed by atoms with van der Waals surface area (Å²) in [5, 5.41) is 9.60. The zero-order valence-electron chi connectivity index (χ0n) is 7.53. The van der Waals surface area contributed by atoms with E-state index in [-0.39, 0.29) is 6.10 Å². The van der Waals surface area contributed by atoms with Crippen molar-refractivity contribution in [2.75, 3.05) is 0 Å². The van der Waals surface area contributed by atoms with Crippen LogP contribution >= 0.6 is 15.9 Å². The third-order valence-corrected chi connectivity index (χ3v) is 3.65. The second-order valence-corrected chi connectivity index (χ2v) is 4.60. The molecule has 1 aromatic rings. The van der Waals surface area contributed by atoms with Crippen LogP contribution in [0.2, 0.25) is 0 Å². The second kappa shape index (κ2) is 3.46. The van der Waals surface area contributed by atoms with Crippen molar-refractivity contribution in [2.45, 2.75) is 31.8 Å². The Labute approximate surface area is 86.1 Å². The number of halogens is 1. The normalized spacial score (nSPS) is 33.9. The smallest absolute Gasteiger partial charge is 0.121 e. The Hall–Kier alpha value is -0.280. The minimum atomic E-state index is -0.165. The predicted octanol–water partition coefficient (Wildman–Crippen LogP) is 2.92. The van der Waals surface area contributed by atoms with E-state index in [1.165, 1.54) is 0 Å². The van der Waals surface area contributed by atoms with Gasteiger partial charge in [0.15, 0.2) is 0 Å². The summed E-state index contributed by atoms with van der Waals surface area (Å²) in [6, 6.07) is 1.91. The topological polar surface area (TPSA) is 33.4 Å². The van der Waals surface area contributed by atoms with Crippen LogP contribution in [0.25, 0.3) is 0 Å². The van der Waals surface area contributed by atoms with Crippen molar-refractivity contribution in [3.8, 4) is 0 Å². The highest BCUT2D eigenvalue weighted by Gasteiger charge is 2.35. The molecule has 0 bridgehead atoms. The Morgan fingerprint density at radius 2 is 2.31 bits per heavy atom. The minimum Gasteiger partial charge on any atom is -0.468 e. The molecule has 0 amide bonds. The molecule has 1 aliphatic carbocycles. The molecular formula is C10H13BrO2. The van der Waals surface area contributed by atoms with Crippen molar-refractivity contribution in [3.05, 3.63) is 22.6 Å². The number of aliphatic hydroxyl groups is 1. The molecule has 0 spiro atoms. The molecule has 0 radical (unpaired) electrons. The lowest BCUT2D eigenvalue weighted by molar-refractivity contribution is 0.134. The lowest BCUT2D eigenvalue weighted by Gasteiger charge is -2.15. The van der Waals surface area contributed by atoms with E-state index in [1.54, 1.807) is 6.26 Å². The van der Waals surface area contributed by atoms with Crippen LogP contribution in [0.4, 0.5) is 0 Å². The van der Waals surface area contributed by atoms with E-state index in [4.69, 9.17) is 4.42 Å². The van der Waals surface area contributed by atoms with Gasteiger partial charge in [-0.1, -0.05) is 6.92 Å². The van der Waals surface area contributed by atoms with Gasteiger partial charge in [-0.3, -0.25) is 0 Å². The van der Waals surface area contributed by atoms with Gasteiger partial charge in [0, 0.05) is 5.92 Å². The SMILES string of the molecule is CC1C(O)CCC1c1occc1Br. The van der Waals surface area contributed by atoms with E-state index >= 15 is 0 Å². The summed E-state index contributed by atoms with van der Waals surface area (Å²) < 4.78 is 6.44. The van der Waals surface area contributed by atoms with Crippen LogP contribution < -0.4 is 0 Å². The van der Waals surface area contributed by atoms with Crippen LogP contribution in [0.15, 0.2) is 21.2 Å². The van der Waals surface area contributed by atoms with E-state index in [1.807, 2.05) is 6.07 Å². The first-order valence-electron chi connectivity index (χ1n) is 4.61. The predicted molar refractivity (Wildman–Crippen MR) is 53.6 cm³/mol. The Bertz CT molecular complexity index is 295. The van der Waals surface area contributed by atoms with Crippen molar-refractivity contribution in [1.29, 1.82) is 0 Å². The molecule has 0 saturated heterocycles. The molecule has 3 heteroatoms. The van der Waals surface area contributed by atoms with E-state index in [0.717, 1.165) is 23.1 Å². The standard InChI is InChI=1S/C10H13BrO2/c1-6-7(2-3-9(6)12)10-8(11)4-5-13-10/h4-7,9,12H,2-3H2,1H3. The zero-order valence-corrected chi connectivity index (χ0v) is 9.12. The van der Waals surface area contributed by atoms with Crippen molar-refractivity contribution in [3.63, 3.8) is 0 Å². The molecule has 0 aromatic carbocycles. The van der Waals surface area contributed by atoms with Gasteiger partial charge in [0.05, 0.1) is 16.8 Å². The molecule has 2 nitrogen and oxygen atoms in total. The molecule has 13 heavy (non-hydrogen) atoms. The third kappa shape index (κ3) is 1.55. The van der Waals surface area contributed by atoms with E-state index in [9.17, 15) is 5.11 Å². The van der Waals surface area contributed by atoms with Crippen molar-refractivity contribution in [1.82, 2.24) is 0 Å². The Kier molecular flexibility index (Phi) is 2.47. The fraction of sp³-hybridized carbons (Fsp3) is 0.600. The molecule has 0 aliphatic heterocycles. The largest absolute Gasteiger partial charge is 0.468 e. The van der Waals surface area contributed by atoms with Gasteiger partial charge in [0.1, 0.15) is 5.76 Å². The van der Waals surface area contributed by atoms with Gasteiger partial charge in [0.25, 0.3) is 0 Å². The minimum absolute atomic E-state index is 0.165. The fourth-order valence-electron chi connectivity index (χ4n) is 2.08. The van der Waals surface area contributed by atoms with Crippen molar-refractivity contribution >= 4 is 15.9 Å². The summed E-state index contributed by atoms with van der Waals surface area (Å²) in [5.41, 5.74) is 0. The Morgan fingerprint density at radius 3 is 2.77 bits per heavy atom. The monoisotopic (exact) mass is 244 g/mol. The first-order chi connectivity index (χ1) is 6.20. The molecule has 2 rings (SSSR count). The number of hydrogen-bond acceptors (Lipinski definition) is 2. The Balaban J connectivity index is 2.23. The fourth-order valence-corrected chi connectivity index (χ4v) is 2.58. The molecule has 72 valence electrons. The van der Waals surface area contributed by atoms with Crippen molar-refractivity contribution in [2.24, 2.45) is 5.92 Å². The maximum absolute atomic E-state index is 9.60. The lowest BCUT2D eigenvalue weighted by Crippen LogP contribution is -2.13. The highest BCUT2D eigenvalue weighted by molar-refractivity contribution is 9.10. The van der Waals surface area contributed by atoms with E-state index in [2.05, 4.69) is 22.9 Å². The molecule has 1 aliphatic rings. The number of aliphatic hydroxyl groups excluding tert-OH is 1. The first-order valence-corrected chi connectivity index (χ1v) is 5.40. The van der Waals surface area contributed by atoms with Crippen LogP contribution in [-0.2, 0) is 0 Å². The molecule has 1 saturated carbocycles. The van der Waals surface area contributed by atoms with Crippen LogP contribution in [-0.4, -0.2) is 11.2 Å². The van der Waals surface area contributed by atoms with Crippen LogP contribution in [0.5, 0.6) is 0 Å². The van der Waals surface area contributed by atoms with Gasteiger partial charge in [-0.2, -0.15) is 0 Å². The average molecular weight is 245 g/mol. The van der Waals surface area contributed by atoms with E-state index in [0.29, 0.717) is 11.8 Å². The molecule has 1 heterocycles. The van der Waals surface area contributed by atoms with Gasteiger partial charge in [-0.15, -0.1) is 0 Å². The summed E-state index contributed by atoms with van der Waals surface area (Å²) in [5.74, 6) is 1.67. The van der Waals surface area contributed by atoms with Crippen LogP contribution in [0.1, 0.15) is 31.4 Å². The van der Waals surface area contributed by atoms with E-state index < -0.39 is 0 Å². The number of rotatable bonds is 1. The van der Waals surface area contributed by atoms with Gasteiger partial charge in [0.2, 0.25) is 0 Å². The summed E-state index contributed by atoms with van der Waals surface area (Å²) in [6.45, 7) is 2.08. The molecule has 1 fully saturated rings. The van der Waals surface area contributed by atoms with Gasteiger partial charge in [-0.25, -0.2) is 0 Å². The molecule has 3 unspecified atom stereocenters. The summed E-state index contributed by atoms with van der Waals surface area (Å²) in [7, 11) is 0. The number of furan rings is 1. The maximum atomic E-state index is 9.60. The Morgan fingerprint density at radius 1 is 1.54 bits per heavy atom. The summed E-state index contributed by atoms with van der Waals surface area (Å²) in [4.78, 5) is 0.